The Balaban J connectivity index is 1.93. The van der Waals surface area contributed by atoms with E-state index >= 15 is 0 Å². The van der Waals surface area contributed by atoms with Gasteiger partial charge in [-0.1, -0.05) is 29.3 Å². The number of anilines is 1. The Morgan fingerprint density at radius 3 is 2.48 bits per heavy atom. The molecule has 3 aromatic rings. The number of rotatable bonds is 2. The fourth-order valence-corrected chi connectivity index (χ4v) is 3.79. The Labute approximate surface area is 149 Å². The van der Waals surface area contributed by atoms with Gasteiger partial charge in [0.15, 0.2) is 0 Å². The van der Waals surface area contributed by atoms with Gasteiger partial charge in [-0.25, -0.2) is 4.68 Å². The third-order valence-electron chi connectivity index (χ3n) is 4.87. The molecule has 3 heteroatoms. The Kier molecular flexibility index (Phi) is 4.08. The molecule has 3 nitrogen and oxygen atoms in total. The molecule has 4 rings (SSSR count). The number of nitrogens with one attached hydrogen (secondary N) is 1. The minimum atomic E-state index is 1.01. The molecule has 2 aromatic carbocycles. The predicted molar refractivity (Wildman–Crippen MR) is 105 cm³/mol. The number of hydrogen-bond donors (Lipinski definition) is 1. The van der Waals surface area contributed by atoms with Gasteiger partial charge in [0.05, 0.1) is 11.4 Å². The second kappa shape index (κ2) is 6.40. The van der Waals surface area contributed by atoms with Crippen LogP contribution in [0.2, 0.25) is 0 Å². The molecule has 128 valence electrons. The smallest absolute Gasteiger partial charge is 0.133 e. The van der Waals surface area contributed by atoms with Crippen LogP contribution in [0.4, 0.5) is 5.82 Å². The van der Waals surface area contributed by atoms with Crippen LogP contribution in [0, 0.1) is 20.8 Å². The molecule has 0 amide bonds. The second-order valence-corrected chi connectivity index (χ2v) is 7.19. The zero-order valence-electron chi connectivity index (χ0n) is 15.3. The van der Waals surface area contributed by atoms with Crippen molar-refractivity contribution in [2.45, 2.75) is 40.0 Å². The first-order valence-corrected chi connectivity index (χ1v) is 9.13. The molecule has 0 saturated carbocycles. The van der Waals surface area contributed by atoms with E-state index in [1.54, 1.807) is 0 Å². The number of benzene rings is 2. The van der Waals surface area contributed by atoms with Crippen LogP contribution >= 0.6 is 0 Å². The van der Waals surface area contributed by atoms with E-state index in [1.807, 2.05) is 0 Å². The van der Waals surface area contributed by atoms with Crippen LogP contribution in [0.15, 0.2) is 42.5 Å². The van der Waals surface area contributed by atoms with Crippen molar-refractivity contribution in [2.24, 2.45) is 0 Å². The summed E-state index contributed by atoms with van der Waals surface area (Å²) in [4.78, 5) is 0. The summed E-state index contributed by atoms with van der Waals surface area (Å²) in [5.74, 6) is 1.16. The largest absolute Gasteiger partial charge is 0.370 e. The molecule has 0 aliphatic carbocycles. The van der Waals surface area contributed by atoms with Crippen molar-refractivity contribution in [3.05, 3.63) is 64.7 Å². The van der Waals surface area contributed by atoms with Gasteiger partial charge in [-0.05, 0) is 69.9 Å². The minimum Gasteiger partial charge on any atom is -0.370 e. The highest BCUT2D eigenvalue weighted by atomic mass is 15.3. The summed E-state index contributed by atoms with van der Waals surface area (Å²) in [6.07, 6.45) is 3.49. The molecule has 1 aromatic heterocycles. The first-order valence-electron chi connectivity index (χ1n) is 9.13. The number of nitrogens with zero attached hydrogens (tertiary/aromatic N) is 2. The van der Waals surface area contributed by atoms with Crippen molar-refractivity contribution < 1.29 is 0 Å². The highest BCUT2D eigenvalue weighted by molar-refractivity contribution is 5.72. The highest BCUT2D eigenvalue weighted by Gasteiger charge is 2.21. The maximum absolute atomic E-state index is 5.05. The second-order valence-electron chi connectivity index (χ2n) is 7.19. The van der Waals surface area contributed by atoms with Crippen molar-refractivity contribution >= 4 is 5.82 Å². The van der Waals surface area contributed by atoms with Crippen LogP contribution in [-0.4, -0.2) is 16.3 Å². The summed E-state index contributed by atoms with van der Waals surface area (Å²) in [7, 11) is 0. The average Bonchev–Trinajstić information content (AvgIpc) is 2.76. The lowest BCUT2D eigenvalue weighted by atomic mass is 10.00. The van der Waals surface area contributed by atoms with Crippen molar-refractivity contribution in [1.29, 1.82) is 0 Å². The molecular weight excluding hydrogens is 306 g/mol. The summed E-state index contributed by atoms with van der Waals surface area (Å²) < 4.78 is 2.10. The molecule has 0 fully saturated rings. The van der Waals surface area contributed by atoms with Gasteiger partial charge >= 0.3 is 0 Å². The van der Waals surface area contributed by atoms with E-state index in [-0.39, 0.29) is 0 Å². The molecule has 0 spiro atoms. The summed E-state index contributed by atoms with van der Waals surface area (Å²) in [5.41, 5.74) is 8.65. The average molecular weight is 331 g/mol. The molecular formula is C22H25N3. The topological polar surface area (TPSA) is 29.9 Å². The van der Waals surface area contributed by atoms with Gasteiger partial charge in [-0.3, -0.25) is 0 Å². The van der Waals surface area contributed by atoms with E-state index in [9.17, 15) is 0 Å². The summed E-state index contributed by atoms with van der Waals surface area (Å²) >= 11 is 0. The van der Waals surface area contributed by atoms with Crippen molar-refractivity contribution in [1.82, 2.24) is 9.78 Å². The molecule has 1 aliphatic rings. The first-order chi connectivity index (χ1) is 12.1. The monoisotopic (exact) mass is 331 g/mol. The summed E-state index contributed by atoms with van der Waals surface area (Å²) in [6, 6.07) is 15.3. The van der Waals surface area contributed by atoms with Crippen LogP contribution in [0.5, 0.6) is 0 Å². The van der Waals surface area contributed by atoms with Crippen LogP contribution in [0.3, 0.4) is 0 Å². The van der Waals surface area contributed by atoms with Gasteiger partial charge in [-0.15, -0.1) is 0 Å². The Hall–Kier alpha value is -2.55. The van der Waals surface area contributed by atoms with Crippen molar-refractivity contribution in [3.8, 4) is 16.9 Å². The maximum Gasteiger partial charge on any atom is 0.133 e. The highest BCUT2D eigenvalue weighted by Crippen LogP contribution is 2.34. The van der Waals surface area contributed by atoms with E-state index in [0.717, 1.165) is 30.2 Å². The molecule has 0 bridgehead atoms. The Bertz CT molecular complexity index is 901. The van der Waals surface area contributed by atoms with Crippen LogP contribution in [0.1, 0.15) is 35.1 Å². The zero-order chi connectivity index (χ0) is 17.4. The lowest BCUT2D eigenvalue weighted by Gasteiger charge is -2.09. The van der Waals surface area contributed by atoms with Crippen LogP contribution < -0.4 is 5.32 Å². The van der Waals surface area contributed by atoms with E-state index in [1.165, 1.54) is 40.7 Å². The predicted octanol–water partition coefficient (Wildman–Crippen LogP) is 5.21. The van der Waals surface area contributed by atoms with Gasteiger partial charge in [-0.2, -0.15) is 5.10 Å². The quantitative estimate of drug-likeness (QED) is 0.698. The fraction of sp³-hybridized carbons (Fsp3) is 0.318. The fourth-order valence-electron chi connectivity index (χ4n) is 3.79. The summed E-state index contributed by atoms with van der Waals surface area (Å²) in [5, 5.41) is 8.68. The third-order valence-corrected chi connectivity index (χ3v) is 4.87. The number of fused-ring (bicyclic) bond motifs is 1. The zero-order valence-corrected chi connectivity index (χ0v) is 15.3. The van der Waals surface area contributed by atoms with E-state index in [2.05, 4.69) is 73.2 Å². The number of hydrogen-bond acceptors (Lipinski definition) is 2. The Morgan fingerprint density at radius 1 is 0.920 bits per heavy atom. The van der Waals surface area contributed by atoms with E-state index in [4.69, 9.17) is 5.10 Å². The van der Waals surface area contributed by atoms with Gasteiger partial charge < -0.3 is 5.32 Å². The van der Waals surface area contributed by atoms with Crippen molar-refractivity contribution in [2.75, 3.05) is 11.9 Å². The van der Waals surface area contributed by atoms with Crippen LogP contribution in [0.25, 0.3) is 16.9 Å². The lowest BCUT2D eigenvalue weighted by Crippen LogP contribution is -2.07. The molecule has 0 unspecified atom stereocenters. The summed E-state index contributed by atoms with van der Waals surface area (Å²) in [6.45, 7) is 7.46. The number of aromatic nitrogens is 2. The van der Waals surface area contributed by atoms with Gasteiger partial charge in [0.25, 0.3) is 0 Å². The minimum absolute atomic E-state index is 1.01. The lowest BCUT2D eigenvalue weighted by molar-refractivity contribution is 0.780. The third kappa shape index (κ3) is 3.07. The maximum atomic E-state index is 5.05. The first kappa shape index (κ1) is 15.9. The van der Waals surface area contributed by atoms with Gasteiger partial charge in [0, 0.05) is 17.7 Å². The molecule has 1 aliphatic heterocycles. The van der Waals surface area contributed by atoms with Gasteiger partial charge in [0.2, 0.25) is 0 Å². The molecule has 25 heavy (non-hydrogen) atoms. The molecule has 1 N–H and O–H groups in total. The van der Waals surface area contributed by atoms with Gasteiger partial charge in [0.1, 0.15) is 5.82 Å². The van der Waals surface area contributed by atoms with E-state index < -0.39 is 0 Å². The SMILES string of the molecule is Cc1cc(C)cc(-c2nn(-c3cccc(C)c3)c3c2CCCCN3)c1. The molecule has 2 heterocycles. The standard InChI is InChI=1S/C22H25N3/c1-15-7-6-8-19(14-15)25-22-20(9-4-5-10-23-22)21(24-25)18-12-16(2)11-17(3)13-18/h6-8,11-14,23H,4-5,9-10H2,1-3H3. The molecule has 0 saturated heterocycles. The molecule has 0 radical (unpaired) electrons. The van der Waals surface area contributed by atoms with Crippen LogP contribution in [-0.2, 0) is 6.42 Å². The van der Waals surface area contributed by atoms with E-state index in [0.29, 0.717) is 0 Å². The normalized spacial score (nSPS) is 13.9. The Morgan fingerprint density at radius 2 is 1.72 bits per heavy atom. The van der Waals surface area contributed by atoms with Crippen molar-refractivity contribution in [3.63, 3.8) is 0 Å². The molecule has 0 atom stereocenters. The number of aryl methyl sites for hydroxylation is 3.